The number of hydrogen-bond donors (Lipinski definition) is 12. The number of aliphatic hydroxyl groups excluding tert-OH is 6. The predicted molar refractivity (Wildman–Crippen MR) is 214 cm³/mol. The molecule has 0 bridgehead atoms. The number of aromatic hydroxyl groups is 3. The van der Waals surface area contributed by atoms with Crippen LogP contribution >= 0.6 is 0 Å². The van der Waals surface area contributed by atoms with Gasteiger partial charge >= 0.3 is 23.9 Å². The molecule has 0 unspecified atom stereocenters. The maximum absolute atomic E-state index is 13.2. The van der Waals surface area contributed by atoms with E-state index >= 15 is 0 Å². The van der Waals surface area contributed by atoms with E-state index < -0.39 is 138 Å². The first-order chi connectivity index (χ1) is 31.7. The van der Waals surface area contributed by atoms with Crippen LogP contribution in [-0.4, -0.2) is 177 Å². The number of aliphatic carboxylic acids is 3. The number of phenolic OH excluding ortho intramolecular Hbond substituents is 3. The Bertz CT molecular complexity index is 2560. The second kappa shape index (κ2) is 19.6. The standard InChI is InChI=1S/C42H40O25/c43-16-6-1-14(2-7-16)3-10-23(47)62-35-28(51)27(50)33(38(56)57)65-41(35)67-36-31(63-40-29(52)25(48)26(49)32(64-40)37(54)55)30(53)34(39(58)59)66-42(36)60-18-11-19(45)24-20(46)13-21(61-22(24)12-18)15-4-8-17(44)9-5-15/h1-13,25-36,40-45,48-53H,(H,54,55)(H,56,57)(H,58,59)/b10-3+/t25-,26-,27-,28-,29+,30-,31-,32-,33-,34-,35+,36+,40+,41-,42+/m0/s1. The van der Waals surface area contributed by atoms with Crippen molar-refractivity contribution in [2.75, 3.05) is 0 Å². The number of ether oxygens (including phenoxy) is 7. The van der Waals surface area contributed by atoms with Crippen LogP contribution < -0.4 is 10.2 Å². The fourth-order valence-electron chi connectivity index (χ4n) is 7.31. The minimum Gasteiger partial charge on any atom is -0.508 e. The Morgan fingerprint density at radius 3 is 1.72 bits per heavy atom. The average Bonchev–Trinajstić information content (AvgIpc) is 3.27. The van der Waals surface area contributed by atoms with Crippen molar-refractivity contribution in [1.29, 1.82) is 0 Å². The van der Waals surface area contributed by atoms with Gasteiger partial charge in [0.2, 0.25) is 6.29 Å². The number of rotatable bonds is 13. The van der Waals surface area contributed by atoms with Gasteiger partial charge in [-0.3, -0.25) is 4.79 Å². The molecule has 3 saturated heterocycles. The van der Waals surface area contributed by atoms with Crippen LogP contribution in [0.5, 0.6) is 23.0 Å². The summed E-state index contributed by atoms with van der Waals surface area (Å²) in [6, 6.07) is 13.6. The highest BCUT2D eigenvalue weighted by Gasteiger charge is 2.58. The topological polar surface area (TPSA) is 406 Å². The summed E-state index contributed by atoms with van der Waals surface area (Å²) in [6.07, 6.45) is -33.4. The smallest absolute Gasteiger partial charge is 0.335 e. The van der Waals surface area contributed by atoms with Crippen LogP contribution in [0.2, 0.25) is 0 Å². The number of phenols is 3. The number of hydrogen-bond acceptors (Lipinski definition) is 22. The molecule has 0 amide bonds. The number of carbonyl (C=O) groups is 4. The van der Waals surface area contributed by atoms with Gasteiger partial charge < -0.3 is 98.9 Å². The Kier molecular flexibility index (Phi) is 14.1. The fraction of sp³-hybridized carbons (Fsp3) is 0.357. The van der Waals surface area contributed by atoms with Crippen molar-refractivity contribution < 1.29 is 118 Å². The molecule has 0 radical (unpaired) electrons. The molecular formula is C42H40O25. The molecule has 4 heterocycles. The number of carbonyl (C=O) groups excluding carboxylic acids is 1. The van der Waals surface area contributed by atoms with Crippen LogP contribution in [0.3, 0.4) is 0 Å². The van der Waals surface area contributed by atoms with Crippen molar-refractivity contribution >= 4 is 40.9 Å². The lowest BCUT2D eigenvalue weighted by atomic mass is 9.95. The molecule has 0 spiro atoms. The average molecular weight is 945 g/mol. The zero-order chi connectivity index (χ0) is 48.6. The van der Waals surface area contributed by atoms with Gasteiger partial charge in [-0.25, -0.2) is 19.2 Å². The molecule has 25 nitrogen and oxygen atoms in total. The molecule has 25 heteroatoms. The third-order valence-corrected chi connectivity index (χ3v) is 10.7. The molecule has 3 aliphatic rings. The zero-order valence-corrected chi connectivity index (χ0v) is 33.8. The van der Waals surface area contributed by atoms with E-state index in [0.717, 1.165) is 24.3 Å². The molecule has 358 valence electrons. The lowest BCUT2D eigenvalue weighted by molar-refractivity contribution is -0.377. The summed E-state index contributed by atoms with van der Waals surface area (Å²) in [4.78, 5) is 63.2. The lowest BCUT2D eigenvalue weighted by Gasteiger charge is -2.48. The molecule has 3 fully saturated rings. The molecule has 0 aliphatic carbocycles. The normalized spacial score (nSPS) is 32.1. The third-order valence-electron chi connectivity index (χ3n) is 10.7. The third kappa shape index (κ3) is 10.2. The Morgan fingerprint density at radius 1 is 0.567 bits per heavy atom. The molecule has 7 rings (SSSR count). The van der Waals surface area contributed by atoms with Gasteiger partial charge in [0.05, 0.1) is 0 Å². The first-order valence-corrected chi connectivity index (χ1v) is 19.7. The quantitative estimate of drug-likeness (QED) is 0.0507. The summed E-state index contributed by atoms with van der Waals surface area (Å²) in [5.74, 6) is -8.64. The highest BCUT2D eigenvalue weighted by atomic mass is 16.8. The van der Waals surface area contributed by atoms with Gasteiger partial charge in [0, 0.05) is 29.8 Å². The summed E-state index contributed by atoms with van der Waals surface area (Å²) in [7, 11) is 0. The molecule has 15 atom stereocenters. The van der Waals surface area contributed by atoms with Crippen molar-refractivity contribution in [3.8, 4) is 34.3 Å². The number of esters is 1. The maximum Gasteiger partial charge on any atom is 0.335 e. The second-order valence-electron chi connectivity index (χ2n) is 15.2. The molecule has 0 saturated carbocycles. The molecule has 4 aromatic rings. The molecule has 67 heavy (non-hydrogen) atoms. The number of carboxylic acids is 3. The van der Waals surface area contributed by atoms with E-state index in [0.29, 0.717) is 5.56 Å². The minimum atomic E-state index is -2.51. The van der Waals surface area contributed by atoms with Gasteiger partial charge in [-0.15, -0.1) is 0 Å². The largest absolute Gasteiger partial charge is 0.508 e. The monoisotopic (exact) mass is 944 g/mol. The van der Waals surface area contributed by atoms with Gasteiger partial charge in [-0.2, -0.15) is 0 Å². The van der Waals surface area contributed by atoms with Gasteiger partial charge in [0.25, 0.3) is 0 Å². The van der Waals surface area contributed by atoms with E-state index in [1.54, 1.807) is 0 Å². The van der Waals surface area contributed by atoms with Gasteiger partial charge in [-0.05, 0) is 48.0 Å². The van der Waals surface area contributed by atoms with E-state index in [1.165, 1.54) is 54.6 Å². The van der Waals surface area contributed by atoms with Crippen molar-refractivity contribution in [2.45, 2.75) is 92.1 Å². The van der Waals surface area contributed by atoms with Gasteiger partial charge in [0.15, 0.2) is 48.5 Å². The van der Waals surface area contributed by atoms with Crippen LogP contribution in [0.1, 0.15) is 5.56 Å². The van der Waals surface area contributed by atoms with E-state index in [4.69, 9.17) is 37.6 Å². The molecular weight excluding hydrogens is 904 g/mol. The van der Waals surface area contributed by atoms with Crippen molar-refractivity contribution in [3.63, 3.8) is 0 Å². The van der Waals surface area contributed by atoms with Crippen molar-refractivity contribution in [1.82, 2.24) is 0 Å². The zero-order valence-electron chi connectivity index (χ0n) is 33.8. The summed E-state index contributed by atoms with van der Waals surface area (Å²) in [5, 5.41) is 125. The fourth-order valence-corrected chi connectivity index (χ4v) is 7.31. The summed E-state index contributed by atoms with van der Waals surface area (Å²) < 4.78 is 45.1. The highest BCUT2D eigenvalue weighted by molar-refractivity contribution is 5.87. The van der Waals surface area contributed by atoms with E-state index in [1.807, 2.05) is 0 Å². The Balaban J connectivity index is 1.31. The first-order valence-electron chi connectivity index (χ1n) is 19.7. The van der Waals surface area contributed by atoms with Gasteiger partial charge in [-0.1, -0.05) is 12.1 Å². The van der Waals surface area contributed by atoms with Gasteiger partial charge in [0.1, 0.15) is 82.5 Å². The van der Waals surface area contributed by atoms with E-state index in [9.17, 15) is 85.3 Å². The molecule has 3 aromatic carbocycles. The number of fused-ring (bicyclic) bond motifs is 1. The van der Waals surface area contributed by atoms with Crippen LogP contribution in [-0.2, 0) is 47.6 Å². The number of aliphatic hydroxyl groups is 6. The van der Waals surface area contributed by atoms with E-state index in [-0.39, 0.29) is 28.4 Å². The maximum atomic E-state index is 13.2. The van der Waals surface area contributed by atoms with Crippen LogP contribution in [0, 0.1) is 0 Å². The van der Waals surface area contributed by atoms with Crippen LogP contribution in [0.4, 0.5) is 0 Å². The number of benzene rings is 3. The van der Waals surface area contributed by atoms with Crippen molar-refractivity contribution in [3.05, 3.63) is 88.6 Å². The first kappa shape index (κ1) is 48.2. The minimum absolute atomic E-state index is 0.0774. The SMILES string of the molecule is O=C(/C=C/c1ccc(O)cc1)O[C@H]1[C@H](O[C@H]2[C@H](Oc3cc(O)c4c(=O)cc(-c5ccc(O)cc5)oc4c3)O[C@H](C(=O)O)[C@@H](O)[C@@H]2O[C@@H]2O[C@H](C(=O)O)[C@@H](O)[C@H](O)[C@H]2O)O[C@H](C(=O)O)[C@@H](O)[C@@H]1O. The summed E-state index contributed by atoms with van der Waals surface area (Å²) in [6.45, 7) is 0. The lowest BCUT2D eigenvalue weighted by Crippen LogP contribution is -2.68. The van der Waals surface area contributed by atoms with E-state index in [2.05, 4.69) is 0 Å². The second-order valence-corrected chi connectivity index (χ2v) is 15.2. The summed E-state index contributed by atoms with van der Waals surface area (Å²) in [5.41, 5.74) is -0.506. The molecule has 1 aromatic heterocycles. The Hall–Kier alpha value is -6.75. The molecule has 12 N–H and O–H groups in total. The summed E-state index contributed by atoms with van der Waals surface area (Å²) >= 11 is 0. The Labute approximate surface area is 373 Å². The molecule has 3 aliphatic heterocycles. The number of carboxylic acid groups (broad SMARTS) is 3. The Morgan fingerprint density at radius 2 is 1.10 bits per heavy atom. The highest BCUT2D eigenvalue weighted by Crippen LogP contribution is 2.38. The van der Waals surface area contributed by atoms with Crippen LogP contribution in [0.25, 0.3) is 28.4 Å². The predicted octanol–water partition coefficient (Wildman–Crippen LogP) is -2.05. The van der Waals surface area contributed by atoms with Crippen molar-refractivity contribution in [2.24, 2.45) is 0 Å². The van der Waals surface area contributed by atoms with Crippen LogP contribution in [0.15, 0.2) is 82.0 Å².